The lowest BCUT2D eigenvalue weighted by Crippen LogP contribution is -2.42. The molecule has 2 aromatic heterocycles. The molecule has 4 rings (SSSR count). The normalized spacial score (nSPS) is 16.4. The van der Waals surface area contributed by atoms with E-state index in [0.717, 1.165) is 46.2 Å². The molecular formula is C20H23N3O2S. The lowest BCUT2D eigenvalue weighted by molar-refractivity contribution is -0.125. The van der Waals surface area contributed by atoms with E-state index in [4.69, 9.17) is 0 Å². The predicted octanol–water partition coefficient (Wildman–Crippen LogP) is 3.93. The van der Waals surface area contributed by atoms with Gasteiger partial charge in [0.05, 0.1) is 15.8 Å². The minimum Gasteiger partial charge on any atom is -0.352 e. The van der Waals surface area contributed by atoms with Crippen LogP contribution in [-0.4, -0.2) is 21.7 Å². The first-order chi connectivity index (χ1) is 12.6. The van der Waals surface area contributed by atoms with Crippen LogP contribution >= 0.6 is 11.3 Å². The van der Waals surface area contributed by atoms with E-state index in [0.29, 0.717) is 11.8 Å². The zero-order valence-corrected chi connectivity index (χ0v) is 15.9. The molecule has 0 aliphatic heterocycles. The van der Waals surface area contributed by atoms with Crippen LogP contribution in [0.4, 0.5) is 0 Å². The van der Waals surface area contributed by atoms with Crippen LogP contribution in [0, 0.1) is 6.92 Å². The molecule has 136 valence electrons. The van der Waals surface area contributed by atoms with Gasteiger partial charge in [0, 0.05) is 16.1 Å². The summed E-state index contributed by atoms with van der Waals surface area (Å²) >= 11 is 1.59. The van der Waals surface area contributed by atoms with Crippen molar-refractivity contribution in [1.82, 2.24) is 15.1 Å². The SMILES string of the molecule is CC[C@H](C(=O)NC1CCCC1)n1nc(C)c2sc3ccccc3c2c1=O. The maximum atomic E-state index is 13.2. The van der Waals surface area contributed by atoms with Crippen LogP contribution in [0.25, 0.3) is 20.2 Å². The van der Waals surface area contributed by atoms with Crippen LogP contribution in [0.1, 0.15) is 50.8 Å². The summed E-state index contributed by atoms with van der Waals surface area (Å²) in [5.41, 5.74) is 0.629. The quantitative estimate of drug-likeness (QED) is 0.758. The minimum absolute atomic E-state index is 0.0905. The van der Waals surface area contributed by atoms with Gasteiger partial charge in [-0.2, -0.15) is 5.10 Å². The molecule has 1 atom stereocenters. The zero-order valence-electron chi connectivity index (χ0n) is 15.1. The second kappa shape index (κ2) is 6.83. The van der Waals surface area contributed by atoms with Gasteiger partial charge < -0.3 is 5.32 Å². The smallest absolute Gasteiger partial charge is 0.276 e. The van der Waals surface area contributed by atoms with Gasteiger partial charge in [0.1, 0.15) is 6.04 Å². The van der Waals surface area contributed by atoms with Crippen molar-refractivity contribution in [2.24, 2.45) is 0 Å². The molecule has 1 saturated carbocycles. The van der Waals surface area contributed by atoms with Crippen molar-refractivity contribution in [3.63, 3.8) is 0 Å². The number of amides is 1. The van der Waals surface area contributed by atoms with Crippen molar-refractivity contribution in [3.05, 3.63) is 40.3 Å². The minimum atomic E-state index is -0.565. The average molecular weight is 369 g/mol. The van der Waals surface area contributed by atoms with Gasteiger partial charge in [0.15, 0.2) is 0 Å². The number of carbonyl (C=O) groups is 1. The van der Waals surface area contributed by atoms with Gasteiger partial charge in [0.25, 0.3) is 5.56 Å². The number of aromatic nitrogens is 2. The number of carbonyl (C=O) groups excluding carboxylic acids is 1. The van der Waals surface area contributed by atoms with E-state index in [9.17, 15) is 9.59 Å². The Labute approximate surface area is 156 Å². The molecule has 1 aliphatic carbocycles. The number of fused-ring (bicyclic) bond motifs is 3. The van der Waals surface area contributed by atoms with Gasteiger partial charge in [-0.1, -0.05) is 38.0 Å². The summed E-state index contributed by atoms with van der Waals surface area (Å²) in [6.07, 6.45) is 4.91. The summed E-state index contributed by atoms with van der Waals surface area (Å²) in [6.45, 7) is 3.84. The Bertz CT molecular complexity index is 1030. The maximum Gasteiger partial charge on any atom is 0.276 e. The molecule has 6 heteroatoms. The summed E-state index contributed by atoms with van der Waals surface area (Å²) < 4.78 is 3.39. The fourth-order valence-electron chi connectivity index (χ4n) is 3.93. The van der Waals surface area contributed by atoms with E-state index in [1.807, 2.05) is 38.1 Å². The number of benzene rings is 1. The molecular weight excluding hydrogens is 346 g/mol. The molecule has 2 heterocycles. The highest BCUT2D eigenvalue weighted by Crippen LogP contribution is 2.33. The predicted molar refractivity (Wildman–Crippen MR) is 106 cm³/mol. The third-order valence-electron chi connectivity index (χ3n) is 5.29. The Morgan fingerprint density at radius 3 is 2.81 bits per heavy atom. The number of nitrogens with zero attached hydrogens (tertiary/aromatic N) is 2. The molecule has 5 nitrogen and oxygen atoms in total. The third kappa shape index (κ3) is 2.82. The van der Waals surface area contributed by atoms with Crippen molar-refractivity contribution >= 4 is 37.4 Å². The Morgan fingerprint density at radius 1 is 1.35 bits per heavy atom. The van der Waals surface area contributed by atoms with Gasteiger partial charge in [-0.25, -0.2) is 4.68 Å². The molecule has 0 spiro atoms. The van der Waals surface area contributed by atoms with Gasteiger partial charge in [-0.15, -0.1) is 11.3 Å². The van der Waals surface area contributed by atoms with E-state index < -0.39 is 6.04 Å². The molecule has 1 aromatic carbocycles. The Morgan fingerprint density at radius 2 is 2.08 bits per heavy atom. The average Bonchev–Trinajstić information content (AvgIpc) is 3.27. The van der Waals surface area contributed by atoms with Crippen LogP contribution in [0.2, 0.25) is 0 Å². The highest BCUT2D eigenvalue weighted by Gasteiger charge is 2.26. The second-order valence-corrected chi connectivity index (χ2v) is 8.10. The monoisotopic (exact) mass is 369 g/mol. The molecule has 1 N–H and O–H groups in total. The molecule has 1 aliphatic rings. The van der Waals surface area contributed by atoms with E-state index in [-0.39, 0.29) is 17.5 Å². The summed E-state index contributed by atoms with van der Waals surface area (Å²) in [5.74, 6) is -0.0905. The lowest BCUT2D eigenvalue weighted by atomic mass is 10.1. The van der Waals surface area contributed by atoms with Crippen molar-refractivity contribution in [2.45, 2.75) is 58.0 Å². The highest BCUT2D eigenvalue weighted by molar-refractivity contribution is 7.26. The molecule has 1 amide bonds. The number of nitrogens with one attached hydrogen (secondary N) is 1. The topological polar surface area (TPSA) is 64.0 Å². The summed E-state index contributed by atoms with van der Waals surface area (Å²) in [5, 5.41) is 9.27. The Balaban J connectivity index is 1.81. The van der Waals surface area contributed by atoms with Crippen molar-refractivity contribution in [1.29, 1.82) is 0 Å². The van der Waals surface area contributed by atoms with Crippen LogP contribution in [0.3, 0.4) is 0 Å². The van der Waals surface area contributed by atoms with E-state index >= 15 is 0 Å². The van der Waals surface area contributed by atoms with Crippen LogP contribution in [0.5, 0.6) is 0 Å². The van der Waals surface area contributed by atoms with Crippen LogP contribution in [0.15, 0.2) is 29.1 Å². The second-order valence-electron chi connectivity index (χ2n) is 7.05. The fraction of sp³-hybridized carbons (Fsp3) is 0.450. The summed E-state index contributed by atoms with van der Waals surface area (Å²) in [7, 11) is 0. The maximum absolute atomic E-state index is 13.2. The Hall–Kier alpha value is -2.21. The molecule has 0 bridgehead atoms. The largest absolute Gasteiger partial charge is 0.352 e. The third-order valence-corrected chi connectivity index (χ3v) is 6.57. The highest BCUT2D eigenvalue weighted by atomic mass is 32.1. The van der Waals surface area contributed by atoms with Gasteiger partial charge in [-0.3, -0.25) is 9.59 Å². The van der Waals surface area contributed by atoms with E-state index in [1.165, 1.54) is 4.68 Å². The number of rotatable bonds is 4. The van der Waals surface area contributed by atoms with Gasteiger partial charge >= 0.3 is 0 Å². The van der Waals surface area contributed by atoms with Gasteiger partial charge in [-0.05, 0) is 32.3 Å². The molecule has 1 fully saturated rings. The van der Waals surface area contributed by atoms with E-state index in [1.54, 1.807) is 11.3 Å². The van der Waals surface area contributed by atoms with Crippen molar-refractivity contribution in [3.8, 4) is 0 Å². The first kappa shape index (κ1) is 17.2. The Kier molecular flexibility index (Phi) is 4.53. The first-order valence-corrected chi connectivity index (χ1v) is 10.1. The van der Waals surface area contributed by atoms with Gasteiger partial charge in [0.2, 0.25) is 5.91 Å². The first-order valence-electron chi connectivity index (χ1n) is 9.31. The summed E-state index contributed by atoms with van der Waals surface area (Å²) in [6, 6.07) is 7.58. The van der Waals surface area contributed by atoms with Crippen LogP contribution < -0.4 is 10.9 Å². The molecule has 0 unspecified atom stereocenters. The lowest BCUT2D eigenvalue weighted by Gasteiger charge is -2.20. The molecule has 3 aromatic rings. The van der Waals surface area contributed by atoms with Crippen molar-refractivity contribution in [2.75, 3.05) is 0 Å². The van der Waals surface area contributed by atoms with E-state index in [2.05, 4.69) is 10.4 Å². The number of aryl methyl sites for hydroxylation is 1. The molecule has 0 radical (unpaired) electrons. The number of thiophene rings is 1. The fourth-order valence-corrected chi connectivity index (χ4v) is 5.06. The number of hydrogen-bond donors (Lipinski definition) is 1. The number of hydrogen-bond acceptors (Lipinski definition) is 4. The summed E-state index contributed by atoms with van der Waals surface area (Å²) in [4.78, 5) is 26.0. The van der Waals surface area contributed by atoms with Crippen LogP contribution in [-0.2, 0) is 4.79 Å². The molecule has 0 saturated heterocycles. The van der Waals surface area contributed by atoms with Crippen molar-refractivity contribution < 1.29 is 4.79 Å². The zero-order chi connectivity index (χ0) is 18.3. The standard InChI is InChI=1S/C20H23N3O2S/c1-3-15(19(24)21-13-8-4-5-9-13)23-20(25)17-14-10-6-7-11-16(14)26-18(17)12(2)22-23/h6-7,10-11,13,15H,3-5,8-9H2,1-2H3,(H,21,24)/t15-/m1/s1. The molecule has 26 heavy (non-hydrogen) atoms.